The molecule has 0 aromatic heterocycles. The van der Waals surface area contributed by atoms with Crippen molar-refractivity contribution < 1.29 is 4.79 Å². The molecular formula is C18H30N2O. The highest BCUT2D eigenvalue weighted by atomic mass is 16.2. The van der Waals surface area contributed by atoms with Gasteiger partial charge in [0.2, 0.25) is 0 Å². The van der Waals surface area contributed by atoms with E-state index in [2.05, 4.69) is 51.3 Å². The fourth-order valence-electron chi connectivity index (χ4n) is 2.87. The number of carbonyl (C=O) groups excluding carboxylic acids is 1. The van der Waals surface area contributed by atoms with E-state index < -0.39 is 0 Å². The van der Waals surface area contributed by atoms with E-state index in [4.69, 9.17) is 0 Å². The smallest absolute Gasteiger partial charge is 0.319 e. The van der Waals surface area contributed by atoms with Gasteiger partial charge in [0.05, 0.1) is 0 Å². The molecule has 0 radical (unpaired) electrons. The van der Waals surface area contributed by atoms with Gasteiger partial charge in [-0.15, -0.1) is 0 Å². The summed E-state index contributed by atoms with van der Waals surface area (Å²) in [5.74, 6) is 0. The summed E-state index contributed by atoms with van der Waals surface area (Å²) < 4.78 is 0. The highest BCUT2D eigenvalue weighted by Gasteiger charge is 2.12. The summed E-state index contributed by atoms with van der Waals surface area (Å²) in [6.45, 7) is 11.4. The van der Waals surface area contributed by atoms with Gasteiger partial charge in [0.15, 0.2) is 0 Å². The molecule has 3 nitrogen and oxygen atoms in total. The van der Waals surface area contributed by atoms with Crippen LogP contribution in [0.5, 0.6) is 0 Å². The quantitative estimate of drug-likeness (QED) is 0.691. The van der Waals surface area contributed by atoms with Gasteiger partial charge in [-0.1, -0.05) is 39.2 Å². The number of hydrogen-bond acceptors (Lipinski definition) is 1. The van der Waals surface area contributed by atoms with E-state index in [1.807, 2.05) is 0 Å². The molecule has 0 aliphatic heterocycles. The summed E-state index contributed by atoms with van der Waals surface area (Å²) in [6.07, 6.45) is 5.67. The lowest BCUT2D eigenvalue weighted by atomic mass is 9.95. The fourth-order valence-corrected chi connectivity index (χ4v) is 2.87. The first-order chi connectivity index (χ1) is 10.0. The normalized spacial score (nSPS) is 10.5. The molecule has 0 saturated heterocycles. The first kappa shape index (κ1) is 17.5. The molecule has 0 aliphatic carbocycles. The molecule has 1 aromatic rings. The largest absolute Gasteiger partial charge is 0.338 e. The van der Waals surface area contributed by atoms with Gasteiger partial charge < -0.3 is 10.6 Å². The molecule has 2 N–H and O–H groups in total. The number of aryl methyl sites for hydroxylation is 2. The van der Waals surface area contributed by atoms with E-state index in [9.17, 15) is 4.79 Å². The van der Waals surface area contributed by atoms with Crippen LogP contribution in [0.1, 0.15) is 61.8 Å². The van der Waals surface area contributed by atoms with Crippen LogP contribution < -0.4 is 10.6 Å². The molecule has 0 unspecified atom stereocenters. The van der Waals surface area contributed by atoms with Crippen molar-refractivity contribution in [1.82, 2.24) is 5.32 Å². The average Bonchev–Trinajstić information content (AvgIpc) is 2.43. The number of amides is 2. The van der Waals surface area contributed by atoms with E-state index in [1.54, 1.807) is 0 Å². The van der Waals surface area contributed by atoms with Gasteiger partial charge in [-0.2, -0.15) is 0 Å². The Labute approximate surface area is 129 Å². The molecule has 3 heteroatoms. The Morgan fingerprint density at radius 2 is 1.76 bits per heavy atom. The summed E-state index contributed by atoms with van der Waals surface area (Å²) in [7, 11) is 0. The molecule has 2 amide bonds. The average molecular weight is 290 g/mol. The molecule has 1 aromatic carbocycles. The number of rotatable bonds is 7. The van der Waals surface area contributed by atoms with Crippen molar-refractivity contribution in [3.05, 3.63) is 28.3 Å². The highest BCUT2D eigenvalue weighted by molar-refractivity contribution is 5.91. The van der Waals surface area contributed by atoms with Crippen LogP contribution in [0, 0.1) is 20.8 Å². The van der Waals surface area contributed by atoms with Crippen molar-refractivity contribution in [1.29, 1.82) is 0 Å². The topological polar surface area (TPSA) is 41.1 Å². The third-order valence-electron chi connectivity index (χ3n) is 4.04. The lowest BCUT2D eigenvalue weighted by Crippen LogP contribution is -2.30. The fraction of sp³-hybridized carbons (Fsp3) is 0.611. The van der Waals surface area contributed by atoms with Gasteiger partial charge >= 0.3 is 6.03 Å². The van der Waals surface area contributed by atoms with E-state index >= 15 is 0 Å². The molecule has 0 fully saturated rings. The second-order valence-electron chi connectivity index (χ2n) is 5.78. The molecule has 0 saturated carbocycles. The van der Waals surface area contributed by atoms with Gasteiger partial charge in [0.25, 0.3) is 0 Å². The molecular weight excluding hydrogens is 260 g/mol. The second kappa shape index (κ2) is 8.71. The first-order valence-corrected chi connectivity index (χ1v) is 8.15. The zero-order valence-corrected chi connectivity index (χ0v) is 14.2. The first-order valence-electron chi connectivity index (χ1n) is 8.15. The van der Waals surface area contributed by atoms with Gasteiger partial charge in [-0.3, -0.25) is 0 Å². The highest BCUT2D eigenvalue weighted by Crippen LogP contribution is 2.27. The maximum atomic E-state index is 12.0. The van der Waals surface area contributed by atoms with Crippen LogP contribution in [-0.4, -0.2) is 12.6 Å². The summed E-state index contributed by atoms with van der Waals surface area (Å²) in [5, 5.41) is 5.97. The zero-order chi connectivity index (χ0) is 15.8. The Hall–Kier alpha value is -1.51. The molecule has 118 valence electrons. The van der Waals surface area contributed by atoms with Crippen LogP contribution in [-0.2, 0) is 6.42 Å². The number of hydrogen-bond donors (Lipinski definition) is 2. The van der Waals surface area contributed by atoms with E-state index in [0.717, 1.165) is 30.6 Å². The Morgan fingerprint density at radius 1 is 1.05 bits per heavy atom. The Balaban J connectivity index is 2.64. The van der Waals surface area contributed by atoms with Crippen LogP contribution in [0.15, 0.2) is 6.07 Å². The minimum atomic E-state index is -0.0939. The Morgan fingerprint density at radius 3 is 2.38 bits per heavy atom. The number of anilines is 1. The van der Waals surface area contributed by atoms with Gasteiger partial charge in [-0.25, -0.2) is 4.79 Å². The monoisotopic (exact) mass is 290 g/mol. The van der Waals surface area contributed by atoms with Crippen molar-refractivity contribution in [3.8, 4) is 0 Å². The maximum Gasteiger partial charge on any atom is 0.319 e. The lowest BCUT2D eigenvalue weighted by Gasteiger charge is -2.17. The third kappa shape index (κ3) is 5.07. The number of benzene rings is 1. The van der Waals surface area contributed by atoms with Gasteiger partial charge in [0, 0.05) is 12.2 Å². The van der Waals surface area contributed by atoms with Gasteiger partial charge in [0.1, 0.15) is 0 Å². The van der Waals surface area contributed by atoms with Crippen molar-refractivity contribution in [2.45, 2.75) is 66.7 Å². The van der Waals surface area contributed by atoms with Crippen LogP contribution in [0.25, 0.3) is 0 Å². The summed E-state index contributed by atoms with van der Waals surface area (Å²) in [5.41, 5.74) is 5.92. The standard InChI is InChI=1S/C18H30N2O/c1-6-8-9-10-11-19-18(21)20-17-14(4)12-13(3)16(7-2)15(17)5/h12H,6-11H2,1-5H3,(H2,19,20,21). The Bertz CT molecular complexity index is 481. The molecule has 21 heavy (non-hydrogen) atoms. The summed E-state index contributed by atoms with van der Waals surface area (Å²) in [6, 6.07) is 2.06. The van der Waals surface area contributed by atoms with Gasteiger partial charge in [-0.05, 0) is 55.9 Å². The predicted molar refractivity (Wildman–Crippen MR) is 91.2 cm³/mol. The third-order valence-corrected chi connectivity index (χ3v) is 4.04. The minimum absolute atomic E-state index is 0.0939. The van der Waals surface area contributed by atoms with E-state index in [0.29, 0.717) is 0 Å². The predicted octanol–water partition coefficient (Wildman–Crippen LogP) is 4.88. The number of unbranched alkanes of at least 4 members (excludes halogenated alkanes) is 3. The summed E-state index contributed by atoms with van der Waals surface area (Å²) >= 11 is 0. The lowest BCUT2D eigenvalue weighted by molar-refractivity contribution is 0.252. The number of urea groups is 1. The van der Waals surface area contributed by atoms with Crippen LogP contribution in [0.3, 0.4) is 0 Å². The molecule has 0 spiro atoms. The SMILES string of the molecule is CCCCCCNC(=O)Nc1c(C)cc(C)c(CC)c1C. The van der Waals surface area contributed by atoms with Crippen LogP contribution >= 0.6 is 0 Å². The molecule has 0 atom stereocenters. The maximum absolute atomic E-state index is 12.0. The second-order valence-corrected chi connectivity index (χ2v) is 5.78. The van der Waals surface area contributed by atoms with Crippen LogP contribution in [0.4, 0.5) is 10.5 Å². The zero-order valence-electron chi connectivity index (χ0n) is 14.2. The molecule has 0 aliphatic rings. The number of carbonyl (C=O) groups is 1. The molecule has 0 heterocycles. The van der Waals surface area contributed by atoms with Crippen molar-refractivity contribution in [2.24, 2.45) is 0 Å². The summed E-state index contributed by atoms with van der Waals surface area (Å²) in [4.78, 5) is 12.0. The number of nitrogens with one attached hydrogen (secondary N) is 2. The Kier molecular flexibility index (Phi) is 7.27. The minimum Gasteiger partial charge on any atom is -0.338 e. The van der Waals surface area contributed by atoms with Crippen molar-refractivity contribution >= 4 is 11.7 Å². The molecule has 0 bridgehead atoms. The van der Waals surface area contributed by atoms with E-state index in [1.165, 1.54) is 36.0 Å². The van der Waals surface area contributed by atoms with Crippen molar-refractivity contribution in [2.75, 3.05) is 11.9 Å². The van der Waals surface area contributed by atoms with Crippen LogP contribution in [0.2, 0.25) is 0 Å². The van der Waals surface area contributed by atoms with Crippen molar-refractivity contribution in [3.63, 3.8) is 0 Å². The molecule has 1 rings (SSSR count). The van der Waals surface area contributed by atoms with E-state index in [-0.39, 0.29) is 6.03 Å².